The van der Waals surface area contributed by atoms with E-state index >= 15 is 0 Å². The van der Waals surface area contributed by atoms with Crippen molar-refractivity contribution in [2.75, 3.05) is 0 Å². The molecule has 0 amide bonds. The first-order valence-electron chi connectivity index (χ1n) is 17.3. The molecular weight excluding hydrogens is 621 g/mol. The van der Waals surface area contributed by atoms with Gasteiger partial charge in [-0.1, -0.05) is 152 Å². The van der Waals surface area contributed by atoms with Crippen molar-refractivity contribution in [1.82, 2.24) is 9.97 Å². The molecule has 3 heteroatoms. The van der Waals surface area contributed by atoms with E-state index in [1.54, 1.807) is 0 Å². The van der Waals surface area contributed by atoms with Gasteiger partial charge in [0.05, 0.1) is 11.4 Å². The van der Waals surface area contributed by atoms with Gasteiger partial charge in [-0.2, -0.15) is 0 Å². The average Bonchev–Trinajstić information content (AvgIpc) is 3.20. The molecule has 1 aliphatic rings. The van der Waals surface area contributed by atoms with Crippen molar-refractivity contribution in [3.05, 3.63) is 170 Å². The van der Waals surface area contributed by atoms with Crippen molar-refractivity contribution in [1.29, 1.82) is 0 Å². The molecule has 0 saturated heterocycles. The number of aromatic nitrogens is 2. The van der Waals surface area contributed by atoms with Gasteiger partial charge in [0.25, 0.3) is 0 Å². The van der Waals surface area contributed by atoms with Crippen LogP contribution in [0, 0.1) is 0 Å². The third kappa shape index (κ3) is 4.25. The van der Waals surface area contributed by atoms with E-state index in [0.29, 0.717) is 5.82 Å². The summed E-state index contributed by atoms with van der Waals surface area (Å²) < 4.78 is 6.87. The molecule has 0 unspecified atom stereocenters. The Bertz CT molecular complexity index is 3050. The Hall–Kier alpha value is -6.84. The average molecular weight is 649 g/mol. The van der Waals surface area contributed by atoms with Crippen molar-refractivity contribution < 1.29 is 4.74 Å². The quantitative estimate of drug-likeness (QED) is 0.178. The van der Waals surface area contributed by atoms with Gasteiger partial charge in [0.2, 0.25) is 0 Å². The molecule has 0 saturated carbocycles. The van der Waals surface area contributed by atoms with Gasteiger partial charge >= 0.3 is 0 Å². The van der Waals surface area contributed by atoms with E-state index in [-0.39, 0.29) is 0 Å². The second-order valence-corrected chi connectivity index (χ2v) is 13.3. The third-order valence-electron chi connectivity index (χ3n) is 10.4. The second-order valence-electron chi connectivity index (χ2n) is 13.3. The van der Waals surface area contributed by atoms with Gasteiger partial charge in [-0.3, -0.25) is 0 Å². The molecule has 0 atom stereocenters. The van der Waals surface area contributed by atoms with Crippen LogP contribution in [-0.4, -0.2) is 9.97 Å². The van der Waals surface area contributed by atoms with Gasteiger partial charge in [0, 0.05) is 32.8 Å². The first-order chi connectivity index (χ1) is 25.3. The zero-order valence-electron chi connectivity index (χ0n) is 27.5. The van der Waals surface area contributed by atoms with Gasteiger partial charge in [0.15, 0.2) is 5.82 Å². The number of ether oxygens (including phenoxy) is 1. The molecule has 9 aromatic carbocycles. The first-order valence-corrected chi connectivity index (χ1v) is 17.3. The summed E-state index contributed by atoms with van der Waals surface area (Å²) in [6.07, 6.45) is 0. The van der Waals surface area contributed by atoms with E-state index in [2.05, 4.69) is 164 Å². The Labute approximate surface area is 294 Å². The van der Waals surface area contributed by atoms with Crippen LogP contribution in [0.25, 0.3) is 98.9 Å². The molecular formula is C48H28N2O. The standard InChI is InChI=1S/C48H28N2O/c1-2-11-30(12-3-1)41-28-42(40-27-26-33-25-24-32-23-22-31-14-7-21-43-44(31)45(32)46(33)47(40)51-43)50-48(49-41)39-20-9-18-37-36(17-8-19-38(37)39)35-16-6-13-29-10-4-5-15-34(29)35/h1-28H. The van der Waals surface area contributed by atoms with Gasteiger partial charge in [0.1, 0.15) is 11.5 Å². The first kappa shape index (κ1) is 28.0. The molecule has 11 rings (SSSR count). The summed E-state index contributed by atoms with van der Waals surface area (Å²) in [5, 5.41) is 11.8. The molecule has 10 aromatic rings. The Morgan fingerprint density at radius 3 is 1.76 bits per heavy atom. The largest absolute Gasteiger partial charge is 0.455 e. The van der Waals surface area contributed by atoms with Crippen molar-refractivity contribution in [2.24, 2.45) is 0 Å². The number of fused-ring (bicyclic) bond motifs is 2. The Balaban J connectivity index is 1.17. The molecule has 0 spiro atoms. The molecule has 0 fully saturated rings. The van der Waals surface area contributed by atoms with Crippen molar-refractivity contribution >= 4 is 53.9 Å². The molecule has 3 nitrogen and oxygen atoms in total. The van der Waals surface area contributed by atoms with Crippen LogP contribution in [-0.2, 0) is 0 Å². The summed E-state index contributed by atoms with van der Waals surface area (Å²) in [5.74, 6) is 2.39. The minimum atomic E-state index is 0.677. The van der Waals surface area contributed by atoms with Gasteiger partial charge in [-0.15, -0.1) is 0 Å². The number of benzene rings is 9. The topological polar surface area (TPSA) is 35.0 Å². The van der Waals surface area contributed by atoms with Gasteiger partial charge in [-0.05, 0) is 67.0 Å². The summed E-state index contributed by atoms with van der Waals surface area (Å²) in [5.41, 5.74) is 7.05. The molecule has 1 aromatic heterocycles. The minimum absolute atomic E-state index is 0.677. The fourth-order valence-corrected chi connectivity index (χ4v) is 8.11. The van der Waals surface area contributed by atoms with Crippen molar-refractivity contribution in [2.45, 2.75) is 0 Å². The minimum Gasteiger partial charge on any atom is -0.455 e. The van der Waals surface area contributed by atoms with E-state index in [1.165, 1.54) is 38.1 Å². The molecule has 51 heavy (non-hydrogen) atoms. The van der Waals surface area contributed by atoms with Gasteiger partial charge in [-0.25, -0.2) is 9.97 Å². The predicted octanol–water partition coefficient (Wildman–Crippen LogP) is 13.0. The monoisotopic (exact) mass is 648 g/mol. The molecule has 1 aliphatic heterocycles. The molecule has 0 bridgehead atoms. The molecule has 0 aliphatic carbocycles. The van der Waals surface area contributed by atoms with Crippen LogP contribution in [0.5, 0.6) is 11.5 Å². The van der Waals surface area contributed by atoms with E-state index in [4.69, 9.17) is 14.7 Å². The third-order valence-corrected chi connectivity index (χ3v) is 10.4. The molecule has 0 N–H and O–H groups in total. The fourth-order valence-electron chi connectivity index (χ4n) is 8.11. The summed E-state index contributed by atoms with van der Waals surface area (Å²) in [6.45, 7) is 0. The van der Waals surface area contributed by atoms with E-state index in [1.807, 2.05) is 6.07 Å². The summed E-state index contributed by atoms with van der Waals surface area (Å²) >= 11 is 0. The zero-order chi connectivity index (χ0) is 33.5. The maximum atomic E-state index is 6.87. The van der Waals surface area contributed by atoms with Crippen LogP contribution in [0.2, 0.25) is 0 Å². The number of hydrogen-bond acceptors (Lipinski definition) is 3. The Morgan fingerprint density at radius 1 is 0.353 bits per heavy atom. The second kappa shape index (κ2) is 10.8. The van der Waals surface area contributed by atoms with E-state index in [0.717, 1.165) is 66.5 Å². The highest BCUT2D eigenvalue weighted by Crippen LogP contribution is 2.50. The van der Waals surface area contributed by atoms with Crippen LogP contribution < -0.4 is 4.74 Å². The Kier molecular flexibility index (Phi) is 5.96. The van der Waals surface area contributed by atoms with Gasteiger partial charge < -0.3 is 4.74 Å². The van der Waals surface area contributed by atoms with Crippen LogP contribution in [0.4, 0.5) is 0 Å². The number of nitrogens with zero attached hydrogens (tertiary/aromatic N) is 2. The van der Waals surface area contributed by atoms with Crippen LogP contribution >= 0.6 is 0 Å². The maximum Gasteiger partial charge on any atom is 0.161 e. The summed E-state index contributed by atoms with van der Waals surface area (Å²) in [7, 11) is 0. The lowest BCUT2D eigenvalue weighted by molar-refractivity contribution is 0.494. The lowest BCUT2D eigenvalue weighted by Gasteiger charge is -2.23. The normalized spacial score (nSPS) is 12.1. The highest BCUT2D eigenvalue weighted by atomic mass is 16.5. The van der Waals surface area contributed by atoms with Crippen LogP contribution in [0.15, 0.2) is 170 Å². The van der Waals surface area contributed by atoms with E-state index in [9.17, 15) is 0 Å². The predicted molar refractivity (Wildman–Crippen MR) is 211 cm³/mol. The number of rotatable bonds is 4. The van der Waals surface area contributed by atoms with Crippen LogP contribution in [0.1, 0.15) is 0 Å². The van der Waals surface area contributed by atoms with Crippen molar-refractivity contribution in [3.8, 4) is 56.5 Å². The zero-order valence-corrected chi connectivity index (χ0v) is 27.5. The number of hydrogen-bond donors (Lipinski definition) is 0. The molecule has 236 valence electrons. The van der Waals surface area contributed by atoms with Crippen molar-refractivity contribution in [3.63, 3.8) is 0 Å². The highest BCUT2D eigenvalue weighted by molar-refractivity contribution is 6.26. The SMILES string of the molecule is c1ccc(-c2cc(-c3ccc4ccc5ccc6cccc7c6c5c4c3O7)nc(-c3cccc4c(-c5cccc6ccccc56)cccc34)n2)cc1. The lowest BCUT2D eigenvalue weighted by atomic mass is 9.91. The maximum absolute atomic E-state index is 6.87. The highest BCUT2D eigenvalue weighted by Gasteiger charge is 2.24. The fraction of sp³-hybridized carbons (Fsp3) is 0. The molecule has 0 radical (unpaired) electrons. The smallest absolute Gasteiger partial charge is 0.161 e. The summed E-state index contributed by atoms with van der Waals surface area (Å²) in [4.78, 5) is 10.6. The summed E-state index contributed by atoms with van der Waals surface area (Å²) in [6, 6.07) is 60.1. The van der Waals surface area contributed by atoms with E-state index < -0.39 is 0 Å². The lowest BCUT2D eigenvalue weighted by Crippen LogP contribution is -2.00. The Morgan fingerprint density at radius 2 is 0.922 bits per heavy atom. The molecule has 2 heterocycles. The van der Waals surface area contributed by atoms with Crippen LogP contribution in [0.3, 0.4) is 0 Å².